The van der Waals surface area contributed by atoms with Crippen molar-refractivity contribution in [2.45, 2.75) is 0 Å². The molecule has 2 aromatic carbocycles. The van der Waals surface area contributed by atoms with E-state index in [0.717, 1.165) is 16.8 Å². The second-order valence-electron chi connectivity index (χ2n) is 4.29. The Morgan fingerprint density at radius 3 is 2.58 bits per heavy atom. The van der Waals surface area contributed by atoms with Crippen molar-refractivity contribution >= 4 is 34.8 Å². The molecule has 2 aromatic rings. The molecule has 3 rings (SSSR count). The number of halogens is 1. The highest BCUT2D eigenvalue weighted by Gasteiger charge is 2.23. The van der Waals surface area contributed by atoms with Crippen LogP contribution in [-0.4, -0.2) is 11.0 Å². The third-order valence-corrected chi connectivity index (χ3v) is 3.20. The first-order valence-corrected chi connectivity index (χ1v) is 6.13. The highest BCUT2D eigenvalue weighted by molar-refractivity contribution is 6.36. The number of rotatable bonds is 1. The Morgan fingerprint density at radius 2 is 1.84 bits per heavy atom. The monoisotopic (exact) mass is 271 g/mol. The van der Waals surface area contributed by atoms with Crippen LogP contribution in [0.1, 0.15) is 11.1 Å². The minimum atomic E-state index is -0.148. The number of nitrogens with one attached hydrogen (secondary N) is 1. The number of carbonyl (C=O) groups excluding carboxylic acids is 1. The number of phenols is 1. The van der Waals surface area contributed by atoms with Gasteiger partial charge in [0.25, 0.3) is 5.91 Å². The van der Waals surface area contributed by atoms with Gasteiger partial charge in [-0.05, 0) is 42.0 Å². The van der Waals surface area contributed by atoms with E-state index < -0.39 is 0 Å². The van der Waals surface area contributed by atoms with Crippen LogP contribution in [0, 0.1) is 0 Å². The molecule has 19 heavy (non-hydrogen) atoms. The van der Waals surface area contributed by atoms with Gasteiger partial charge in [0, 0.05) is 21.8 Å². The van der Waals surface area contributed by atoms with Crippen LogP contribution in [0.3, 0.4) is 0 Å². The van der Waals surface area contributed by atoms with Crippen molar-refractivity contribution in [3.05, 3.63) is 58.6 Å². The van der Waals surface area contributed by atoms with Gasteiger partial charge < -0.3 is 10.4 Å². The molecular formula is C15H10ClNO2. The molecule has 0 saturated carbocycles. The summed E-state index contributed by atoms with van der Waals surface area (Å²) in [4.78, 5) is 11.9. The Morgan fingerprint density at radius 1 is 1.11 bits per heavy atom. The highest BCUT2D eigenvalue weighted by atomic mass is 35.5. The summed E-state index contributed by atoms with van der Waals surface area (Å²) >= 11 is 5.96. The smallest absolute Gasteiger partial charge is 0.256 e. The van der Waals surface area contributed by atoms with Crippen molar-refractivity contribution in [1.82, 2.24) is 0 Å². The van der Waals surface area contributed by atoms with E-state index in [-0.39, 0.29) is 11.7 Å². The molecule has 0 aliphatic carbocycles. The summed E-state index contributed by atoms with van der Waals surface area (Å²) in [5.74, 6) is 0.0480. The number of benzene rings is 2. The lowest BCUT2D eigenvalue weighted by molar-refractivity contribution is -0.110. The fourth-order valence-corrected chi connectivity index (χ4v) is 2.21. The molecule has 1 aliphatic rings. The number of phenolic OH excluding ortho intramolecular Hbond substituents is 1. The average Bonchev–Trinajstić information content (AvgIpc) is 2.69. The van der Waals surface area contributed by atoms with Gasteiger partial charge in [0.15, 0.2) is 0 Å². The molecule has 2 N–H and O–H groups in total. The van der Waals surface area contributed by atoms with Crippen LogP contribution in [0.4, 0.5) is 5.69 Å². The first-order chi connectivity index (χ1) is 9.13. The molecule has 0 bridgehead atoms. The Labute approximate surface area is 115 Å². The van der Waals surface area contributed by atoms with Gasteiger partial charge in [0.2, 0.25) is 0 Å². The molecule has 4 heteroatoms. The number of hydrogen-bond acceptors (Lipinski definition) is 2. The number of carbonyl (C=O) groups is 1. The summed E-state index contributed by atoms with van der Waals surface area (Å²) in [5, 5.41) is 12.6. The first-order valence-electron chi connectivity index (χ1n) is 5.75. The van der Waals surface area contributed by atoms with Gasteiger partial charge in [-0.15, -0.1) is 0 Å². The van der Waals surface area contributed by atoms with Crippen LogP contribution >= 0.6 is 11.6 Å². The summed E-state index contributed by atoms with van der Waals surface area (Å²) in [7, 11) is 0. The molecule has 0 saturated heterocycles. The minimum absolute atomic E-state index is 0.148. The number of hydrogen-bond donors (Lipinski definition) is 2. The standard InChI is InChI=1S/C15H10ClNO2/c16-10-3-6-14-12(8-10)13(15(19)17-14)7-9-1-4-11(18)5-2-9/h1-8,18H,(H,17,19)/b13-7+. The molecular weight excluding hydrogens is 262 g/mol. The zero-order chi connectivity index (χ0) is 13.4. The zero-order valence-electron chi connectivity index (χ0n) is 9.85. The Kier molecular flexibility index (Phi) is 2.76. The molecule has 0 fully saturated rings. The fourth-order valence-electron chi connectivity index (χ4n) is 2.04. The molecule has 1 heterocycles. The van der Waals surface area contributed by atoms with Crippen LogP contribution in [0.25, 0.3) is 11.6 Å². The van der Waals surface area contributed by atoms with Crippen LogP contribution < -0.4 is 5.32 Å². The fraction of sp³-hybridized carbons (Fsp3) is 0. The van der Waals surface area contributed by atoms with E-state index in [0.29, 0.717) is 10.6 Å². The van der Waals surface area contributed by atoms with E-state index in [4.69, 9.17) is 11.6 Å². The minimum Gasteiger partial charge on any atom is -0.508 e. The van der Waals surface area contributed by atoms with Crippen molar-refractivity contribution in [2.24, 2.45) is 0 Å². The molecule has 0 aromatic heterocycles. The van der Waals surface area contributed by atoms with Gasteiger partial charge in [-0.1, -0.05) is 23.7 Å². The number of amides is 1. The largest absolute Gasteiger partial charge is 0.508 e. The lowest BCUT2D eigenvalue weighted by Gasteiger charge is -2.00. The van der Waals surface area contributed by atoms with Crippen LogP contribution in [0.2, 0.25) is 5.02 Å². The maximum atomic E-state index is 11.9. The van der Waals surface area contributed by atoms with E-state index in [2.05, 4.69) is 5.32 Å². The van der Waals surface area contributed by atoms with Crippen molar-refractivity contribution in [3.8, 4) is 5.75 Å². The lowest BCUT2D eigenvalue weighted by Crippen LogP contribution is -2.03. The number of anilines is 1. The second kappa shape index (κ2) is 4.44. The maximum absolute atomic E-state index is 11.9. The Hall–Kier alpha value is -2.26. The van der Waals surface area contributed by atoms with Gasteiger partial charge in [-0.3, -0.25) is 4.79 Å². The molecule has 0 atom stereocenters. The van der Waals surface area contributed by atoms with Gasteiger partial charge in [-0.2, -0.15) is 0 Å². The van der Waals surface area contributed by atoms with Crippen molar-refractivity contribution in [2.75, 3.05) is 5.32 Å². The third-order valence-electron chi connectivity index (χ3n) is 2.97. The molecule has 0 unspecified atom stereocenters. The van der Waals surface area contributed by atoms with Crippen molar-refractivity contribution in [3.63, 3.8) is 0 Å². The average molecular weight is 272 g/mol. The molecule has 0 spiro atoms. The van der Waals surface area contributed by atoms with Gasteiger partial charge in [0.1, 0.15) is 5.75 Å². The van der Waals surface area contributed by atoms with Crippen molar-refractivity contribution < 1.29 is 9.90 Å². The van der Waals surface area contributed by atoms with E-state index in [9.17, 15) is 9.90 Å². The second-order valence-corrected chi connectivity index (χ2v) is 4.73. The summed E-state index contributed by atoms with van der Waals surface area (Å²) in [6.07, 6.45) is 1.77. The van der Waals surface area contributed by atoms with E-state index in [1.807, 2.05) is 0 Å². The first kappa shape index (κ1) is 11.8. The SMILES string of the molecule is O=C1Nc2ccc(Cl)cc2/C1=C\c1ccc(O)cc1. The topological polar surface area (TPSA) is 49.3 Å². The Balaban J connectivity index is 2.08. The molecule has 94 valence electrons. The highest BCUT2D eigenvalue weighted by Crippen LogP contribution is 2.34. The molecule has 1 amide bonds. The predicted octanol–water partition coefficient (Wildman–Crippen LogP) is 3.54. The van der Waals surface area contributed by atoms with E-state index >= 15 is 0 Å². The predicted molar refractivity (Wildman–Crippen MR) is 76.1 cm³/mol. The number of aromatic hydroxyl groups is 1. The normalized spacial score (nSPS) is 15.4. The van der Waals surface area contributed by atoms with Gasteiger partial charge in [-0.25, -0.2) is 0 Å². The summed E-state index contributed by atoms with van der Waals surface area (Å²) in [6.45, 7) is 0. The summed E-state index contributed by atoms with van der Waals surface area (Å²) < 4.78 is 0. The van der Waals surface area contributed by atoms with Gasteiger partial charge >= 0.3 is 0 Å². The maximum Gasteiger partial charge on any atom is 0.256 e. The molecule has 1 aliphatic heterocycles. The quantitative estimate of drug-likeness (QED) is 0.780. The van der Waals surface area contributed by atoms with E-state index in [1.165, 1.54) is 0 Å². The van der Waals surface area contributed by atoms with E-state index in [1.54, 1.807) is 48.5 Å². The molecule has 3 nitrogen and oxygen atoms in total. The Bertz CT molecular complexity index is 690. The zero-order valence-corrected chi connectivity index (χ0v) is 10.6. The lowest BCUT2D eigenvalue weighted by atomic mass is 10.0. The van der Waals surface area contributed by atoms with Crippen LogP contribution in [0.15, 0.2) is 42.5 Å². The summed E-state index contributed by atoms with van der Waals surface area (Å²) in [6, 6.07) is 11.9. The summed E-state index contributed by atoms with van der Waals surface area (Å²) in [5.41, 5.74) is 2.98. The van der Waals surface area contributed by atoms with Gasteiger partial charge in [0.05, 0.1) is 0 Å². The number of fused-ring (bicyclic) bond motifs is 1. The molecule has 0 radical (unpaired) electrons. The third kappa shape index (κ3) is 2.20. The van der Waals surface area contributed by atoms with Crippen LogP contribution in [0.5, 0.6) is 5.75 Å². The van der Waals surface area contributed by atoms with Crippen molar-refractivity contribution in [1.29, 1.82) is 0 Å². The van der Waals surface area contributed by atoms with Crippen LogP contribution in [-0.2, 0) is 4.79 Å².